The lowest BCUT2D eigenvalue weighted by Gasteiger charge is -2.23. The maximum absolute atomic E-state index is 11.9. The van der Waals surface area contributed by atoms with Gasteiger partial charge in [-0.25, -0.2) is 4.79 Å². The van der Waals surface area contributed by atoms with Gasteiger partial charge in [-0.05, 0) is 30.4 Å². The summed E-state index contributed by atoms with van der Waals surface area (Å²) in [5.74, 6) is -0.865. The van der Waals surface area contributed by atoms with Crippen LogP contribution in [0.1, 0.15) is 53.9 Å². The van der Waals surface area contributed by atoms with Crippen LogP contribution in [0.3, 0.4) is 0 Å². The number of aromatic nitrogens is 1. The Morgan fingerprint density at radius 3 is 2.59 bits per heavy atom. The largest absolute Gasteiger partial charge is 0.477 e. The molecule has 4 heteroatoms. The highest BCUT2D eigenvalue weighted by Crippen LogP contribution is 2.33. The molecule has 0 bridgehead atoms. The first-order valence-electron chi connectivity index (χ1n) is 6.04. The molecule has 0 saturated heterocycles. The molecule has 1 aliphatic carbocycles. The minimum Gasteiger partial charge on any atom is -0.477 e. The van der Waals surface area contributed by atoms with Gasteiger partial charge in [0.2, 0.25) is 0 Å². The molecule has 0 aromatic carbocycles. The van der Waals surface area contributed by atoms with E-state index in [1.54, 1.807) is 19.3 Å². The van der Waals surface area contributed by atoms with Crippen molar-refractivity contribution in [3.05, 3.63) is 33.7 Å². The van der Waals surface area contributed by atoms with Crippen LogP contribution < -0.4 is 5.56 Å². The zero-order valence-corrected chi connectivity index (χ0v) is 9.98. The Labute approximate surface area is 99.9 Å². The Bertz CT molecular complexity index is 484. The highest BCUT2D eigenvalue weighted by atomic mass is 16.4. The quantitative estimate of drug-likeness (QED) is 0.854. The second kappa shape index (κ2) is 4.73. The molecule has 1 heterocycles. The second-order valence-corrected chi connectivity index (χ2v) is 4.70. The van der Waals surface area contributed by atoms with Gasteiger partial charge >= 0.3 is 5.97 Å². The average Bonchev–Trinajstić information content (AvgIpc) is 2.33. The third-order valence-electron chi connectivity index (χ3n) is 3.56. The maximum Gasteiger partial charge on any atom is 0.341 e. The Kier molecular flexibility index (Phi) is 3.31. The normalized spacial score (nSPS) is 17.0. The molecule has 17 heavy (non-hydrogen) atoms. The van der Waals surface area contributed by atoms with Crippen LogP contribution >= 0.6 is 0 Å². The van der Waals surface area contributed by atoms with Crippen molar-refractivity contribution >= 4 is 5.97 Å². The monoisotopic (exact) mass is 235 g/mol. The molecule has 0 spiro atoms. The molecule has 1 N–H and O–H groups in total. The van der Waals surface area contributed by atoms with Crippen LogP contribution in [0.15, 0.2) is 17.1 Å². The van der Waals surface area contributed by atoms with E-state index in [0.717, 1.165) is 31.2 Å². The van der Waals surface area contributed by atoms with Crippen LogP contribution in [-0.4, -0.2) is 15.6 Å². The minimum atomic E-state index is -1.10. The summed E-state index contributed by atoms with van der Waals surface area (Å²) < 4.78 is 1.33. The predicted octanol–water partition coefficient (Wildman–Crippen LogP) is 2.13. The Hall–Kier alpha value is -1.58. The van der Waals surface area contributed by atoms with Crippen LogP contribution in [-0.2, 0) is 7.05 Å². The number of hydrogen-bond acceptors (Lipinski definition) is 2. The van der Waals surface area contributed by atoms with Crippen LogP contribution in [0.5, 0.6) is 0 Å². The van der Waals surface area contributed by atoms with Crippen molar-refractivity contribution in [2.75, 3.05) is 0 Å². The molecule has 1 aromatic rings. The van der Waals surface area contributed by atoms with Crippen LogP contribution in [0.25, 0.3) is 0 Å². The van der Waals surface area contributed by atoms with Gasteiger partial charge < -0.3 is 9.67 Å². The molecule has 0 unspecified atom stereocenters. The van der Waals surface area contributed by atoms with Gasteiger partial charge in [0.25, 0.3) is 5.56 Å². The highest BCUT2D eigenvalue weighted by Gasteiger charge is 2.24. The molecule has 92 valence electrons. The zero-order valence-electron chi connectivity index (χ0n) is 9.98. The van der Waals surface area contributed by atoms with Crippen molar-refractivity contribution < 1.29 is 9.90 Å². The van der Waals surface area contributed by atoms with E-state index in [4.69, 9.17) is 0 Å². The first kappa shape index (κ1) is 11.9. The van der Waals surface area contributed by atoms with E-state index in [1.807, 2.05) is 0 Å². The minimum absolute atomic E-state index is 0.0399. The van der Waals surface area contributed by atoms with Gasteiger partial charge in [0.15, 0.2) is 0 Å². The molecule has 1 aliphatic rings. The molecule has 1 saturated carbocycles. The van der Waals surface area contributed by atoms with E-state index in [2.05, 4.69) is 0 Å². The van der Waals surface area contributed by atoms with Crippen molar-refractivity contribution in [1.82, 2.24) is 4.57 Å². The van der Waals surface area contributed by atoms with Crippen LogP contribution in [0.4, 0.5) is 0 Å². The molecule has 0 aliphatic heterocycles. The standard InChI is InChI=1S/C13H17NO3/c1-14-8-7-10(9-5-3-2-4-6-9)11(12(14)15)13(16)17/h7-9H,2-6H2,1H3,(H,16,17). The molecule has 0 atom stereocenters. The number of carboxylic acids is 1. The fourth-order valence-electron chi connectivity index (χ4n) is 2.61. The summed E-state index contributed by atoms with van der Waals surface area (Å²) in [4.78, 5) is 23.1. The van der Waals surface area contributed by atoms with E-state index >= 15 is 0 Å². The molecule has 1 fully saturated rings. The van der Waals surface area contributed by atoms with E-state index in [0.29, 0.717) is 0 Å². The average molecular weight is 235 g/mol. The molecule has 0 amide bonds. The summed E-state index contributed by atoms with van der Waals surface area (Å²) in [6.45, 7) is 0. The van der Waals surface area contributed by atoms with Crippen molar-refractivity contribution in [3.63, 3.8) is 0 Å². The maximum atomic E-state index is 11.9. The van der Waals surface area contributed by atoms with Gasteiger partial charge in [0.1, 0.15) is 5.56 Å². The van der Waals surface area contributed by atoms with Crippen molar-refractivity contribution in [2.45, 2.75) is 38.0 Å². The van der Waals surface area contributed by atoms with E-state index in [1.165, 1.54) is 11.0 Å². The summed E-state index contributed by atoms with van der Waals surface area (Å²) in [7, 11) is 1.58. The zero-order chi connectivity index (χ0) is 12.4. The van der Waals surface area contributed by atoms with Crippen molar-refractivity contribution in [1.29, 1.82) is 0 Å². The van der Waals surface area contributed by atoms with Gasteiger partial charge in [-0.15, -0.1) is 0 Å². The topological polar surface area (TPSA) is 59.3 Å². The fraction of sp³-hybridized carbons (Fsp3) is 0.538. The number of nitrogens with zero attached hydrogens (tertiary/aromatic N) is 1. The van der Waals surface area contributed by atoms with E-state index in [-0.39, 0.29) is 11.5 Å². The van der Waals surface area contributed by atoms with Gasteiger partial charge in [-0.3, -0.25) is 4.79 Å². The smallest absolute Gasteiger partial charge is 0.341 e. The Balaban J connectivity index is 2.49. The first-order chi connectivity index (χ1) is 8.11. The summed E-state index contributed by atoms with van der Waals surface area (Å²) >= 11 is 0. The fourth-order valence-corrected chi connectivity index (χ4v) is 2.61. The SMILES string of the molecule is Cn1ccc(C2CCCCC2)c(C(=O)O)c1=O. The Morgan fingerprint density at radius 2 is 2.00 bits per heavy atom. The van der Waals surface area contributed by atoms with Crippen molar-refractivity contribution in [3.8, 4) is 0 Å². The van der Waals surface area contributed by atoms with Gasteiger partial charge in [-0.1, -0.05) is 19.3 Å². The highest BCUT2D eigenvalue weighted by molar-refractivity contribution is 5.89. The third-order valence-corrected chi connectivity index (χ3v) is 3.56. The van der Waals surface area contributed by atoms with Gasteiger partial charge in [0.05, 0.1) is 0 Å². The molecule has 2 rings (SSSR count). The predicted molar refractivity (Wildman–Crippen MR) is 64.5 cm³/mol. The van der Waals surface area contributed by atoms with Crippen LogP contribution in [0.2, 0.25) is 0 Å². The number of rotatable bonds is 2. The van der Waals surface area contributed by atoms with Gasteiger partial charge in [0, 0.05) is 13.2 Å². The number of aromatic carboxylic acids is 1. The van der Waals surface area contributed by atoms with Crippen molar-refractivity contribution in [2.24, 2.45) is 7.05 Å². The first-order valence-corrected chi connectivity index (χ1v) is 6.04. The summed E-state index contributed by atoms with van der Waals surface area (Å²) in [5.41, 5.74) is 0.280. The molecule has 0 radical (unpaired) electrons. The second-order valence-electron chi connectivity index (χ2n) is 4.70. The number of pyridine rings is 1. The number of aryl methyl sites for hydroxylation is 1. The lowest BCUT2D eigenvalue weighted by Crippen LogP contribution is -2.27. The summed E-state index contributed by atoms with van der Waals surface area (Å²) in [6, 6.07) is 1.79. The van der Waals surface area contributed by atoms with E-state index in [9.17, 15) is 14.7 Å². The van der Waals surface area contributed by atoms with E-state index < -0.39 is 11.5 Å². The molecule has 4 nitrogen and oxygen atoms in total. The number of carbonyl (C=O) groups is 1. The molecule has 1 aromatic heterocycles. The lowest BCUT2D eigenvalue weighted by atomic mass is 9.82. The third kappa shape index (κ3) is 2.25. The lowest BCUT2D eigenvalue weighted by molar-refractivity contribution is 0.0692. The van der Waals surface area contributed by atoms with Gasteiger partial charge in [-0.2, -0.15) is 0 Å². The number of carboxylic acid groups (broad SMARTS) is 1. The molecular weight excluding hydrogens is 218 g/mol. The van der Waals surface area contributed by atoms with Crippen LogP contribution in [0, 0.1) is 0 Å². The summed E-state index contributed by atoms with van der Waals surface area (Å²) in [6.07, 6.45) is 7.11. The molecular formula is C13H17NO3. The Morgan fingerprint density at radius 1 is 1.35 bits per heavy atom. The number of hydrogen-bond donors (Lipinski definition) is 1. The summed E-state index contributed by atoms with van der Waals surface area (Å²) in [5, 5.41) is 9.19.